The van der Waals surface area contributed by atoms with Crippen LogP contribution in [0.5, 0.6) is 11.5 Å². The van der Waals surface area contributed by atoms with E-state index in [1.54, 1.807) is 6.07 Å². The Hall–Kier alpha value is -3.47. The van der Waals surface area contributed by atoms with Gasteiger partial charge in [-0.1, -0.05) is 35.1 Å². The normalized spacial score (nSPS) is 13.5. The van der Waals surface area contributed by atoms with Gasteiger partial charge in [-0.05, 0) is 43.2 Å². The smallest absolute Gasteiger partial charge is 0.387 e. The molecule has 11 heteroatoms. The molecule has 0 radical (unpaired) electrons. The predicted octanol–water partition coefficient (Wildman–Crippen LogP) is 5.10. The third-order valence-corrected chi connectivity index (χ3v) is 5.81. The average molecular weight is 471 g/mol. The third-order valence-electron chi connectivity index (χ3n) is 4.99. The van der Waals surface area contributed by atoms with Crippen LogP contribution in [0.4, 0.5) is 8.78 Å². The Balaban J connectivity index is 1.30. The second-order valence-electron chi connectivity index (χ2n) is 7.32. The van der Waals surface area contributed by atoms with Crippen LogP contribution in [-0.4, -0.2) is 38.6 Å². The van der Waals surface area contributed by atoms with E-state index < -0.39 is 6.61 Å². The van der Waals surface area contributed by atoms with E-state index in [-0.39, 0.29) is 11.5 Å². The van der Waals surface area contributed by atoms with E-state index >= 15 is 0 Å². The van der Waals surface area contributed by atoms with Crippen LogP contribution < -0.4 is 9.47 Å². The lowest BCUT2D eigenvalue weighted by atomic mass is 10.2. The molecule has 1 aliphatic carbocycles. The number of para-hydroxylation sites is 1. The Morgan fingerprint density at radius 3 is 2.67 bits per heavy atom. The number of rotatable bonds is 9. The van der Waals surface area contributed by atoms with Gasteiger partial charge in [0.25, 0.3) is 0 Å². The van der Waals surface area contributed by atoms with Crippen molar-refractivity contribution in [3.05, 3.63) is 60.2 Å². The first kappa shape index (κ1) is 21.4. The van der Waals surface area contributed by atoms with Crippen LogP contribution >= 0.6 is 11.8 Å². The first-order valence-corrected chi connectivity index (χ1v) is 11.2. The molecule has 8 nitrogen and oxygen atoms in total. The van der Waals surface area contributed by atoms with Crippen LogP contribution in [0.2, 0.25) is 0 Å². The highest BCUT2D eigenvalue weighted by Gasteiger charge is 2.30. The number of aromatic nitrogens is 5. The molecule has 4 aromatic rings. The molecule has 0 N–H and O–H groups in total. The van der Waals surface area contributed by atoms with E-state index in [9.17, 15) is 8.78 Å². The number of nitrogens with zero attached hydrogens (tertiary/aromatic N) is 5. The molecule has 0 spiro atoms. The van der Waals surface area contributed by atoms with Crippen molar-refractivity contribution in [2.45, 2.75) is 36.3 Å². The number of halogens is 2. The zero-order valence-electron chi connectivity index (χ0n) is 17.5. The standard InChI is InChI=1S/C22H19F2N5O3S/c1-30-17-11-14(9-10-16(17)31-21(23)24)19-25-18(32-28-19)12-33-22-26-20(13-7-8-13)29(27-22)15-5-3-2-4-6-15/h2-6,9-11,13,21H,7-8,12H2,1H3. The summed E-state index contributed by atoms with van der Waals surface area (Å²) in [6.07, 6.45) is 2.24. The zero-order chi connectivity index (χ0) is 22.8. The minimum atomic E-state index is -2.95. The first-order chi connectivity index (χ1) is 16.1. The topological polar surface area (TPSA) is 88.1 Å². The molecule has 0 bridgehead atoms. The van der Waals surface area contributed by atoms with Gasteiger partial charge >= 0.3 is 6.61 Å². The number of benzene rings is 2. The van der Waals surface area contributed by atoms with Crippen LogP contribution in [0.1, 0.15) is 30.5 Å². The van der Waals surface area contributed by atoms with Crippen molar-refractivity contribution < 1.29 is 22.8 Å². The van der Waals surface area contributed by atoms with Crippen molar-refractivity contribution in [3.63, 3.8) is 0 Å². The zero-order valence-corrected chi connectivity index (χ0v) is 18.3. The maximum atomic E-state index is 12.5. The van der Waals surface area contributed by atoms with Gasteiger partial charge in [-0.2, -0.15) is 13.8 Å². The molecule has 0 aliphatic heterocycles. The van der Waals surface area contributed by atoms with Crippen molar-refractivity contribution in [1.29, 1.82) is 0 Å². The molecule has 2 heterocycles. The van der Waals surface area contributed by atoms with Gasteiger partial charge in [0, 0.05) is 11.5 Å². The summed E-state index contributed by atoms with van der Waals surface area (Å²) in [6.45, 7) is -2.95. The number of methoxy groups -OCH3 is 1. The summed E-state index contributed by atoms with van der Waals surface area (Å²) in [7, 11) is 1.37. The average Bonchev–Trinajstić information content (AvgIpc) is 3.40. The summed E-state index contributed by atoms with van der Waals surface area (Å²) >= 11 is 1.41. The van der Waals surface area contributed by atoms with Gasteiger partial charge < -0.3 is 14.0 Å². The Kier molecular flexibility index (Phi) is 5.95. The fourth-order valence-corrected chi connectivity index (χ4v) is 3.95. The molecule has 5 rings (SSSR count). The van der Waals surface area contributed by atoms with Crippen molar-refractivity contribution in [1.82, 2.24) is 24.9 Å². The number of alkyl halides is 2. The molecule has 1 aliphatic rings. The van der Waals surface area contributed by atoms with Gasteiger partial charge in [-0.3, -0.25) is 0 Å². The molecule has 0 unspecified atom stereocenters. The minimum absolute atomic E-state index is 0.0675. The van der Waals surface area contributed by atoms with Gasteiger partial charge in [0.2, 0.25) is 16.9 Å². The van der Waals surface area contributed by atoms with Gasteiger partial charge in [-0.25, -0.2) is 9.67 Å². The molecular weight excluding hydrogens is 452 g/mol. The molecule has 1 fully saturated rings. The molecule has 0 amide bonds. The van der Waals surface area contributed by atoms with E-state index in [0.29, 0.717) is 34.1 Å². The Morgan fingerprint density at radius 2 is 1.94 bits per heavy atom. The van der Waals surface area contributed by atoms with E-state index in [2.05, 4.69) is 20.0 Å². The lowest BCUT2D eigenvalue weighted by molar-refractivity contribution is -0.0512. The van der Waals surface area contributed by atoms with Gasteiger partial charge in [0.15, 0.2) is 11.5 Å². The Morgan fingerprint density at radius 1 is 1.12 bits per heavy atom. The van der Waals surface area contributed by atoms with Crippen molar-refractivity contribution >= 4 is 11.8 Å². The summed E-state index contributed by atoms with van der Waals surface area (Å²) in [5, 5.41) is 9.28. The van der Waals surface area contributed by atoms with Crippen LogP contribution in [0.15, 0.2) is 58.2 Å². The van der Waals surface area contributed by atoms with Gasteiger partial charge in [0.05, 0.1) is 18.6 Å². The van der Waals surface area contributed by atoms with Crippen LogP contribution in [0, 0.1) is 0 Å². The van der Waals surface area contributed by atoms with Crippen LogP contribution in [0.3, 0.4) is 0 Å². The maximum Gasteiger partial charge on any atom is 0.387 e. The summed E-state index contributed by atoms with van der Waals surface area (Å²) in [5.41, 5.74) is 1.53. The third kappa shape index (κ3) is 4.82. The number of ether oxygens (including phenoxy) is 2. The fourth-order valence-electron chi connectivity index (χ4n) is 3.29. The minimum Gasteiger partial charge on any atom is -0.493 e. The summed E-state index contributed by atoms with van der Waals surface area (Å²) < 4.78 is 41.9. The highest BCUT2D eigenvalue weighted by atomic mass is 32.2. The van der Waals surface area contributed by atoms with Crippen molar-refractivity contribution in [2.75, 3.05) is 7.11 Å². The predicted molar refractivity (Wildman–Crippen MR) is 116 cm³/mol. The molecule has 0 atom stereocenters. The molecule has 2 aromatic carbocycles. The number of hydrogen-bond acceptors (Lipinski definition) is 8. The summed E-state index contributed by atoms with van der Waals surface area (Å²) in [6, 6.07) is 14.4. The Bertz CT molecular complexity index is 1240. The lowest BCUT2D eigenvalue weighted by Crippen LogP contribution is -2.03. The van der Waals surface area contributed by atoms with E-state index in [4.69, 9.17) is 14.2 Å². The van der Waals surface area contributed by atoms with E-state index in [1.165, 1.54) is 31.0 Å². The van der Waals surface area contributed by atoms with Crippen molar-refractivity contribution in [2.24, 2.45) is 0 Å². The molecular formula is C22H19F2N5O3S. The second-order valence-corrected chi connectivity index (χ2v) is 8.26. The SMILES string of the molecule is COc1cc(-c2noc(CSc3nc(C4CC4)n(-c4ccccc4)n3)n2)ccc1OC(F)F. The fraction of sp³-hybridized carbons (Fsp3) is 0.273. The molecule has 170 valence electrons. The van der Waals surface area contributed by atoms with Crippen LogP contribution in [-0.2, 0) is 5.75 Å². The highest BCUT2D eigenvalue weighted by molar-refractivity contribution is 7.98. The van der Waals surface area contributed by atoms with Gasteiger partial charge in [-0.15, -0.1) is 5.10 Å². The van der Waals surface area contributed by atoms with E-state index in [1.807, 2.05) is 35.0 Å². The quantitative estimate of drug-likeness (QED) is 0.312. The Labute approximate surface area is 191 Å². The molecule has 0 saturated heterocycles. The summed E-state index contributed by atoms with van der Waals surface area (Å²) in [4.78, 5) is 9.11. The monoisotopic (exact) mass is 471 g/mol. The second kappa shape index (κ2) is 9.18. The molecule has 33 heavy (non-hydrogen) atoms. The van der Waals surface area contributed by atoms with Gasteiger partial charge in [0.1, 0.15) is 5.82 Å². The number of hydrogen-bond donors (Lipinski definition) is 0. The lowest BCUT2D eigenvalue weighted by Gasteiger charge is -2.10. The largest absolute Gasteiger partial charge is 0.493 e. The summed E-state index contributed by atoms with van der Waals surface area (Å²) in [5.74, 6) is 2.58. The molecule has 2 aromatic heterocycles. The number of thioether (sulfide) groups is 1. The van der Waals surface area contributed by atoms with Crippen LogP contribution in [0.25, 0.3) is 17.1 Å². The maximum absolute atomic E-state index is 12.5. The molecule has 1 saturated carbocycles. The van der Waals surface area contributed by atoms with Crippen molar-refractivity contribution in [3.8, 4) is 28.6 Å². The first-order valence-electron chi connectivity index (χ1n) is 10.2. The highest BCUT2D eigenvalue weighted by Crippen LogP contribution is 2.40. The van der Waals surface area contributed by atoms with E-state index in [0.717, 1.165) is 24.4 Å².